The standard InChI is InChI=1S/C14H20N2O3/c1-15-7-3-4-10(15)14(18)19-12-6-5-9-8-11(17)13(12)16(9)2/h3-4,7,9,11-13,17H,5-6,8H2,1-2H3/t9-,11-,12+,13+/m1/s1. The average Bonchev–Trinajstić information content (AvgIpc) is 2.84. The molecule has 0 radical (unpaired) electrons. The number of aliphatic hydroxyl groups is 1. The highest BCUT2D eigenvalue weighted by Crippen LogP contribution is 2.36. The van der Waals surface area contributed by atoms with Crippen molar-refractivity contribution in [2.24, 2.45) is 7.05 Å². The van der Waals surface area contributed by atoms with Gasteiger partial charge in [-0.05, 0) is 38.4 Å². The van der Waals surface area contributed by atoms with Crippen LogP contribution in [-0.4, -0.2) is 51.9 Å². The second-order valence-corrected chi connectivity index (χ2v) is 5.64. The lowest BCUT2D eigenvalue weighted by molar-refractivity contribution is -0.0331. The van der Waals surface area contributed by atoms with Gasteiger partial charge in [-0.1, -0.05) is 0 Å². The van der Waals surface area contributed by atoms with Crippen LogP contribution in [0.2, 0.25) is 0 Å². The van der Waals surface area contributed by atoms with E-state index < -0.39 is 0 Å². The Morgan fingerprint density at radius 1 is 1.42 bits per heavy atom. The molecule has 0 unspecified atom stereocenters. The molecule has 4 atom stereocenters. The summed E-state index contributed by atoms with van der Waals surface area (Å²) in [6.07, 6.45) is 3.84. The summed E-state index contributed by atoms with van der Waals surface area (Å²) in [6.45, 7) is 0. The maximum atomic E-state index is 12.1. The molecule has 2 aliphatic rings. The predicted octanol–water partition coefficient (Wildman–Crippen LogP) is 0.778. The van der Waals surface area contributed by atoms with E-state index in [0.717, 1.165) is 19.3 Å². The second-order valence-electron chi connectivity index (χ2n) is 5.64. The third kappa shape index (κ3) is 2.07. The van der Waals surface area contributed by atoms with Crippen LogP contribution in [0.5, 0.6) is 0 Å². The summed E-state index contributed by atoms with van der Waals surface area (Å²) >= 11 is 0. The SMILES string of the molecule is CN1[C@@H]2CC[C@H](OC(=O)c3cccn3C)[C@@H]1[C@H](O)C2. The molecule has 104 valence electrons. The van der Waals surface area contributed by atoms with Crippen LogP contribution >= 0.6 is 0 Å². The van der Waals surface area contributed by atoms with Gasteiger partial charge in [-0.2, -0.15) is 0 Å². The first-order valence-corrected chi connectivity index (χ1v) is 6.80. The van der Waals surface area contributed by atoms with Gasteiger partial charge in [0.2, 0.25) is 0 Å². The Hall–Kier alpha value is -1.33. The minimum absolute atomic E-state index is 0.0528. The van der Waals surface area contributed by atoms with Gasteiger partial charge in [0.25, 0.3) is 0 Å². The summed E-state index contributed by atoms with van der Waals surface area (Å²) in [5, 5.41) is 10.1. The van der Waals surface area contributed by atoms with Crippen LogP contribution in [0.1, 0.15) is 29.8 Å². The zero-order chi connectivity index (χ0) is 13.6. The molecule has 0 amide bonds. The Morgan fingerprint density at radius 3 is 2.89 bits per heavy atom. The molecular formula is C14H20N2O3. The van der Waals surface area contributed by atoms with Crippen molar-refractivity contribution in [3.8, 4) is 0 Å². The number of carbonyl (C=O) groups excluding carboxylic acids is 1. The van der Waals surface area contributed by atoms with Gasteiger partial charge in [-0.3, -0.25) is 4.90 Å². The fraction of sp³-hybridized carbons (Fsp3) is 0.643. The van der Waals surface area contributed by atoms with Crippen molar-refractivity contribution in [3.63, 3.8) is 0 Å². The molecule has 2 fully saturated rings. The van der Waals surface area contributed by atoms with Crippen LogP contribution in [-0.2, 0) is 11.8 Å². The highest BCUT2D eigenvalue weighted by atomic mass is 16.5. The summed E-state index contributed by atoms with van der Waals surface area (Å²) in [4.78, 5) is 14.3. The van der Waals surface area contributed by atoms with Gasteiger partial charge >= 0.3 is 5.97 Å². The molecule has 1 N–H and O–H groups in total. The van der Waals surface area contributed by atoms with Crippen molar-refractivity contribution in [1.82, 2.24) is 9.47 Å². The minimum Gasteiger partial charge on any atom is -0.456 e. The van der Waals surface area contributed by atoms with Crippen LogP contribution < -0.4 is 0 Å². The summed E-state index contributed by atoms with van der Waals surface area (Å²) in [6, 6.07) is 3.96. The molecule has 0 aliphatic carbocycles. The van der Waals surface area contributed by atoms with Crippen molar-refractivity contribution < 1.29 is 14.6 Å². The number of piperidine rings is 1. The number of fused-ring (bicyclic) bond motifs is 2. The van der Waals surface area contributed by atoms with E-state index in [1.165, 1.54) is 0 Å². The normalized spacial score (nSPS) is 34.5. The number of aliphatic hydroxyl groups excluding tert-OH is 1. The number of likely N-dealkylation sites (N-methyl/N-ethyl adjacent to an activating group) is 1. The Bertz CT molecular complexity index is 485. The lowest BCUT2D eigenvalue weighted by Crippen LogP contribution is -2.50. The van der Waals surface area contributed by atoms with E-state index in [9.17, 15) is 9.90 Å². The van der Waals surface area contributed by atoms with Crippen molar-refractivity contribution in [2.45, 2.75) is 43.6 Å². The maximum Gasteiger partial charge on any atom is 0.355 e. The third-order valence-corrected chi connectivity index (χ3v) is 4.53. The van der Waals surface area contributed by atoms with Gasteiger partial charge in [0.1, 0.15) is 11.8 Å². The number of rotatable bonds is 2. The zero-order valence-electron chi connectivity index (χ0n) is 11.3. The molecule has 3 heterocycles. The molecular weight excluding hydrogens is 244 g/mol. The number of carbonyl (C=O) groups is 1. The van der Waals surface area contributed by atoms with Gasteiger partial charge in [-0.15, -0.1) is 0 Å². The molecule has 0 aromatic carbocycles. The number of esters is 1. The minimum atomic E-state index is -0.385. The predicted molar refractivity (Wildman–Crippen MR) is 69.8 cm³/mol. The molecule has 2 aliphatic heterocycles. The molecule has 5 nitrogen and oxygen atoms in total. The molecule has 2 bridgehead atoms. The lowest BCUT2D eigenvalue weighted by Gasteiger charge is -2.37. The highest BCUT2D eigenvalue weighted by molar-refractivity contribution is 5.87. The van der Waals surface area contributed by atoms with E-state index in [4.69, 9.17) is 4.74 Å². The Morgan fingerprint density at radius 2 is 2.21 bits per heavy atom. The van der Waals surface area contributed by atoms with Crippen molar-refractivity contribution in [3.05, 3.63) is 24.0 Å². The smallest absolute Gasteiger partial charge is 0.355 e. The van der Waals surface area contributed by atoms with Gasteiger partial charge in [0.05, 0.1) is 12.1 Å². The summed E-state index contributed by atoms with van der Waals surface area (Å²) in [5.74, 6) is -0.302. The lowest BCUT2D eigenvalue weighted by atomic mass is 10.00. The summed E-state index contributed by atoms with van der Waals surface area (Å²) < 4.78 is 7.38. The monoisotopic (exact) mass is 264 g/mol. The van der Waals surface area contributed by atoms with Gasteiger partial charge in [0, 0.05) is 19.3 Å². The number of hydrogen-bond donors (Lipinski definition) is 1. The van der Waals surface area contributed by atoms with Crippen molar-refractivity contribution >= 4 is 5.97 Å². The van der Waals surface area contributed by atoms with E-state index >= 15 is 0 Å². The molecule has 1 aromatic rings. The number of aromatic nitrogens is 1. The Labute approximate surface area is 112 Å². The number of nitrogens with zero attached hydrogens (tertiary/aromatic N) is 2. The number of aryl methyl sites for hydroxylation is 1. The number of ether oxygens (including phenoxy) is 1. The Kier molecular flexibility index (Phi) is 3.11. The summed E-state index contributed by atoms with van der Waals surface area (Å²) in [7, 11) is 3.83. The quantitative estimate of drug-likeness (QED) is 0.802. The van der Waals surface area contributed by atoms with Crippen LogP contribution in [0.15, 0.2) is 18.3 Å². The topological polar surface area (TPSA) is 54.7 Å². The van der Waals surface area contributed by atoms with Gasteiger partial charge < -0.3 is 14.4 Å². The van der Waals surface area contributed by atoms with Crippen molar-refractivity contribution in [1.29, 1.82) is 0 Å². The molecule has 2 saturated heterocycles. The van der Waals surface area contributed by atoms with Crippen LogP contribution in [0.25, 0.3) is 0 Å². The molecule has 1 aromatic heterocycles. The summed E-state index contributed by atoms with van der Waals surface area (Å²) in [5.41, 5.74) is 0.553. The maximum absolute atomic E-state index is 12.1. The Balaban J connectivity index is 1.73. The second kappa shape index (κ2) is 4.65. The molecule has 0 saturated carbocycles. The first-order valence-electron chi connectivity index (χ1n) is 6.80. The number of hydrogen-bond acceptors (Lipinski definition) is 4. The van der Waals surface area contributed by atoms with Crippen molar-refractivity contribution in [2.75, 3.05) is 7.05 Å². The van der Waals surface area contributed by atoms with E-state index in [2.05, 4.69) is 4.90 Å². The van der Waals surface area contributed by atoms with E-state index in [1.807, 2.05) is 26.4 Å². The average molecular weight is 264 g/mol. The zero-order valence-corrected chi connectivity index (χ0v) is 11.3. The third-order valence-electron chi connectivity index (χ3n) is 4.53. The van der Waals surface area contributed by atoms with Gasteiger partial charge in [-0.25, -0.2) is 4.79 Å². The van der Waals surface area contributed by atoms with E-state index in [1.54, 1.807) is 10.6 Å². The highest BCUT2D eigenvalue weighted by Gasteiger charge is 2.47. The molecule has 19 heavy (non-hydrogen) atoms. The fourth-order valence-corrected chi connectivity index (χ4v) is 3.46. The molecule has 5 heteroatoms. The molecule has 0 spiro atoms. The van der Waals surface area contributed by atoms with Crippen LogP contribution in [0.3, 0.4) is 0 Å². The fourth-order valence-electron chi connectivity index (χ4n) is 3.46. The molecule has 3 rings (SSSR count). The van der Waals surface area contributed by atoms with Crippen LogP contribution in [0, 0.1) is 0 Å². The first-order chi connectivity index (χ1) is 9.08. The van der Waals surface area contributed by atoms with E-state index in [-0.39, 0.29) is 24.2 Å². The largest absolute Gasteiger partial charge is 0.456 e. The van der Waals surface area contributed by atoms with Crippen LogP contribution in [0.4, 0.5) is 0 Å². The first kappa shape index (κ1) is 12.7. The van der Waals surface area contributed by atoms with Gasteiger partial charge in [0.15, 0.2) is 0 Å². The van der Waals surface area contributed by atoms with E-state index in [0.29, 0.717) is 11.7 Å².